The first kappa shape index (κ1) is 10.6. The lowest BCUT2D eigenvalue weighted by atomic mass is 10.2. The summed E-state index contributed by atoms with van der Waals surface area (Å²) in [6, 6.07) is 5.11. The Hall–Kier alpha value is -0.870. The molecule has 0 radical (unpaired) electrons. The number of fused-ring (bicyclic) bond motifs is 1. The topological polar surface area (TPSA) is 30.9 Å². The van der Waals surface area contributed by atoms with Crippen molar-refractivity contribution < 1.29 is 4.39 Å². The molecule has 2 N–H and O–H groups in total. The number of hydrogen-bond donors (Lipinski definition) is 1. The van der Waals surface area contributed by atoms with Gasteiger partial charge in [-0.15, -0.1) is 0 Å². The van der Waals surface area contributed by atoms with Crippen LogP contribution in [0.25, 0.3) is 10.9 Å². The summed E-state index contributed by atoms with van der Waals surface area (Å²) >= 11 is 3.37. The Kier molecular flexibility index (Phi) is 3.07. The molecular formula is C11H12BrFN2. The molecule has 2 nitrogen and oxygen atoms in total. The first-order chi connectivity index (χ1) is 7.24. The first-order valence-electron chi connectivity index (χ1n) is 4.87. The fourth-order valence-electron chi connectivity index (χ4n) is 1.71. The smallest absolute Gasteiger partial charge is 0.133 e. The molecule has 0 saturated carbocycles. The van der Waals surface area contributed by atoms with Crippen LogP contribution in [-0.2, 0) is 6.54 Å². The summed E-state index contributed by atoms with van der Waals surface area (Å²) in [6.07, 6.45) is 2.80. The van der Waals surface area contributed by atoms with Crippen LogP contribution < -0.4 is 5.73 Å². The van der Waals surface area contributed by atoms with Crippen molar-refractivity contribution in [3.63, 3.8) is 0 Å². The number of nitrogens with zero attached hydrogens (tertiary/aromatic N) is 1. The number of aromatic nitrogens is 1. The summed E-state index contributed by atoms with van der Waals surface area (Å²) in [5.74, 6) is -0.189. The van der Waals surface area contributed by atoms with Crippen LogP contribution in [0.3, 0.4) is 0 Å². The van der Waals surface area contributed by atoms with E-state index in [1.165, 1.54) is 6.07 Å². The lowest BCUT2D eigenvalue weighted by Gasteiger charge is -2.03. The summed E-state index contributed by atoms with van der Waals surface area (Å²) in [4.78, 5) is 0. The van der Waals surface area contributed by atoms with E-state index >= 15 is 0 Å². The van der Waals surface area contributed by atoms with E-state index in [-0.39, 0.29) is 5.82 Å². The van der Waals surface area contributed by atoms with Crippen LogP contribution in [0.15, 0.2) is 28.9 Å². The molecule has 1 aromatic carbocycles. The minimum atomic E-state index is -0.189. The fraction of sp³-hybridized carbons (Fsp3) is 0.273. The highest BCUT2D eigenvalue weighted by molar-refractivity contribution is 9.10. The van der Waals surface area contributed by atoms with Crippen LogP contribution in [0.5, 0.6) is 0 Å². The van der Waals surface area contributed by atoms with Gasteiger partial charge in [0, 0.05) is 22.6 Å². The number of benzene rings is 1. The van der Waals surface area contributed by atoms with Gasteiger partial charge in [-0.05, 0) is 41.0 Å². The van der Waals surface area contributed by atoms with Crippen molar-refractivity contribution in [3.8, 4) is 0 Å². The van der Waals surface area contributed by atoms with Gasteiger partial charge in [-0.25, -0.2) is 4.39 Å². The van der Waals surface area contributed by atoms with Crippen molar-refractivity contribution in [2.75, 3.05) is 6.54 Å². The third-order valence-electron chi connectivity index (χ3n) is 2.41. The van der Waals surface area contributed by atoms with E-state index in [2.05, 4.69) is 15.9 Å². The second-order valence-electron chi connectivity index (χ2n) is 3.45. The van der Waals surface area contributed by atoms with Crippen molar-refractivity contribution in [3.05, 3.63) is 34.7 Å². The molecule has 2 aromatic rings. The monoisotopic (exact) mass is 270 g/mol. The quantitative estimate of drug-likeness (QED) is 0.914. The van der Waals surface area contributed by atoms with Gasteiger partial charge in [0.1, 0.15) is 5.82 Å². The standard InChI is InChI=1S/C11H12BrFN2/c12-8-7-15(6-2-5-14)10-4-1-3-9(13)11(8)10/h1,3-4,7H,2,5-6,14H2. The molecule has 0 bridgehead atoms. The van der Waals surface area contributed by atoms with Crippen molar-refractivity contribution in [1.29, 1.82) is 0 Å². The summed E-state index contributed by atoms with van der Waals surface area (Å²) in [7, 11) is 0. The van der Waals surface area contributed by atoms with Crippen molar-refractivity contribution in [2.45, 2.75) is 13.0 Å². The number of hydrogen-bond acceptors (Lipinski definition) is 1. The maximum atomic E-state index is 13.5. The number of rotatable bonds is 3. The summed E-state index contributed by atoms with van der Waals surface area (Å²) in [5.41, 5.74) is 6.37. The first-order valence-corrected chi connectivity index (χ1v) is 5.66. The molecule has 1 heterocycles. The van der Waals surface area contributed by atoms with Gasteiger partial charge in [0.05, 0.1) is 5.52 Å². The highest BCUT2D eigenvalue weighted by Gasteiger charge is 2.09. The molecular weight excluding hydrogens is 259 g/mol. The lowest BCUT2D eigenvalue weighted by molar-refractivity contribution is 0.638. The zero-order valence-electron chi connectivity index (χ0n) is 8.21. The Morgan fingerprint density at radius 2 is 2.20 bits per heavy atom. The van der Waals surface area contributed by atoms with Crippen molar-refractivity contribution in [1.82, 2.24) is 4.57 Å². The number of aryl methyl sites for hydroxylation is 1. The highest BCUT2D eigenvalue weighted by Crippen LogP contribution is 2.28. The van der Waals surface area contributed by atoms with Crippen LogP contribution >= 0.6 is 15.9 Å². The average Bonchev–Trinajstić information content (AvgIpc) is 2.54. The van der Waals surface area contributed by atoms with Crippen molar-refractivity contribution >= 4 is 26.8 Å². The SMILES string of the molecule is NCCCn1cc(Br)c2c(F)cccc21. The van der Waals surface area contributed by atoms with Crippen molar-refractivity contribution in [2.24, 2.45) is 5.73 Å². The van der Waals surface area contributed by atoms with E-state index in [1.54, 1.807) is 6.07 Å². The molecule has 2 rings (SSSR count). The zero-order valence-corrected chi connectivity index (χ0v) is 9.80. The predicted molar refractivity (Wildman–Crippen MR) is 63.3 cm³/mol. The van der Waals surface area contributed by atoms with Crippen LogP contribution in [0.1, 0.15) is 6.42 Å². The van der Waals surface area contributed by atoms with E-state index in [4.69, 9.17) is 5.73 Å². The Balaban J connectivity index is 2.53. The van der Waals surface area contributed by atoms with E-state index in [9.17, 15) is 4.39 Å². The van der Waals surface area contributed by atoms with Crippen LogP contribution in [0.2, 0.25) is 0 Å². The Labute approximate surface area is 96.0 Å². The minimum Gasteiger partial charge on any atom is -0.346 e. The zero-order chi connectivity index (χ0) is 10.8. The fourth-order valence-corrected chi connectivity index (χ4v) is 2.35. The third kappa shape index (κ3) is 1.92. The molecule has 0 unspecified atom stereocenters. The van der Waals surface area contributed by atoms with Gasteiger partial charge < -0.3 is 10.3 Å². The second kappa shape index (κ2) is 4.33. The van der Waals surface area contributed by atoms with Gasteiger partial charge in [-0.2, -0.15) is 0 Å². The minimum absolute atomic E-state index is 0.189. The Morgan fingerprint density at radius 1 is 1.40 bits per heavy atom. The van der Waals surface area contributed by atoms with Crippen LogP contribution in [0, 0.1) is 5.82 Å². The maximum Gasteiger partial charge on any atom is 0.133 e. The number of halogens is 2. The van der Waals surface area contributed by atoms with Gasteiger partial charge in [0.25, 0.3) is 0 Å². The highest BCUT2D eigenvalue weighted by atomic mass is 79.9. The molecule has 0 amide bonds. The Bertz CT molecular complexity index is 479. The molecule has 0 aliphatic rings. The van der Waals surface area contributed by atoms with Crippen LogP contribution in [0.4, 0.5) is 4.39 Å². The predicted octanol–water partition coefficient (Wildman–Crippen LogP) is 2.89. The van der Waals surface area contributed by atoms with E-state index in [0.717, 1.165) is 23.0 Å². The third-order valence-corrected chi connectivity index (χ3v) is 3.01. The molecule has 0 atom stereocenters. The molecule has 4 heteroatoms. The van der Waals surface area contributed by atoms with Gasteiger partial charge >= 0.3 is 0 Å². The average molecular weight is 271 g/mol. The molecule has 0 aliphatic carbocycles. The molecule has 1 aromatic heterocycles. The molecule has 0 spiro atoms. The summed E-state index contributed by atoms with van der Waals surface area (Å²) in [6.45, 7) is 1.47. The van der Waals surface area contributed by atoms with Gasteiger partial charge in [-0.3, -0.25) is 0 Å². The largest absolute Gasteiger partial charge is 0.346 e. The van der Waals surface area contributed by atoms with Gasteiger partial charge in [0.2, 0.25) is 0 Å². The molecule has 80 valence electrons. The van der Waals surface area contributed by atoms with E-state index in [0.29, 0.717) is 11.9 Å². The van der Waals surface area contributed by atoms with E-state index in [1.807, 2.05) is 16.8 Å². The maximum absolute atomic E-state index is 13.5. The summed E-state index contributed by atoms with van der Waals surface area (Å²) < 4.78 is 16.3. The molecule has 0 fully saturated rings. The molecule has 15 heavy (non-hydrogen) atoms. The molecule has 0 aliphatic heterocycles. The van der Waals surface area contributed by atoms with Crippen LogP contribution in [-0.4, -0.2) is 11.1 Å². The second-order valence-corrected chi connectivity index (χ2v) is 4.30. The number of nitrogens with two attached hydrogens (primary N) is 1. The van der Waals surface area contributed by atoms with Gasteiger partial charge in [0.15, 0.2) is 0 Å². The summed E-state index contributed by atoms with van der Waals surface area (Å²) in [5, 5.41) is 0.648. The van der Waals surface area contributed by atoms with E-state index < -0.39 is 0 Å². The lowest BCUT2D eigenvalue weighted by Crippen LogP contribution is -2.04. The molecule has 0 saturated heterocycles. The Morgan fingerprint density at radius 3 is 2.93 bits per heavy atom. The van der Waals surface area contributed by atoms with Gasteiger partial charge in [-0.1, -0.05) is 6.07 Å². The normalized spacial score (nSPS) is 11.1.